The highest BCUT2D eigenvalue weighted by Gasteiger charge is 2.35. The maximum atomic E-state index is 13.0. The van der Waals surface area contributed by atoms with Gasteiger partial charge in [0.15, 0.2) is 6.29 Å². The van der Waals surface area contributed by atoms with Crippen LogP contribution in [0.4, 0.5) is 13.2 Å². The zero-order chi connectivity index (χ0) is 22.8. The molecule has 0 fully saturated rings. The second kappa shape index (κ2) is 8.76. The molecule has 0 unspecified atom stereocenters. The molecule has 3 aromatic rings. The van der Waals surface area contributed by atoms with E-state index in [0.717, 1.165) is 7.05 Å². The number of aldehydes is 1. The third-order valence-corrected chi connectivity index (χ3v) is 4.68. The highest BCUT2D eigenvalue weighted by molar-refractivity contribution is 9.10. The van der Waals surface area contributed by atoms with Gasteiger partial charge in [-0.1, -0.05) is 0 Å². The lowest BCUT2D eigenvalue weighted by Crippen LogP contribution is -2.40. The first-order valence-electron chi connectivity index (χ1n) is 8.52. The molecule has 0 aliphatic rings. The molecule has 0 spiro atoms. The second-order valence-corrected chi connectivity index (χ2v) is 6.92. The molecule has 0 N–H and O–H groups in total. The molecule has 2 heterocycles. The molecule has 12 heteroatoms. The van der Waals surface area contributed by atoms with Crippen LogP contribution in [0.25, 0.3) is 5.69 Å². The Kier molecular flexibility index (Phi) is 6.29. The Morgan fingerprint density at radius 3 is 2.58 bits per heavy atom. The first-order valence-corrected chi connectivity index (χ1v) is 9.31. The van der Waals surface area contributed by atoms with Crippen LogP contribution in [0.5, 0.6) is 17.4 Å². The van der Waals surface area contributed by atoms with E-state index in [-0.39, 0.29) is 23.9 Å². The number of hydrogen-bond acceptors (Lipinski definition) is 6. The zero-order valence-corrected chi connectivity index (χ0v) is 17.3. The molecule has 31 heavy (non-hydrogen) atoms. The third-order valence-electron chi connectivity index (χ3n) is 4.02. The summed E-state index contributed by atoms with van der Waals surface area (Å²) in [5.74, 6) is 0.525. The Hall–Kier alpha value is -3.41. The summed E-state index contributed by atoms with van der Waals surface area (Å²) in [5, 5.41) is 0. The van der Waals surface area contributed by atoms with E-state index in [1.54, 1.807) is 0 Å². The number of pyridine rings is 1. The molecule has 0 aliphatic carbocycles. The van der Waals surface area contributed by atoms with Crippen LogP contribution in [0.2, 0.25) is 0 Å². The van der Waals surface area contributed by atoms with Crippen LogP contribution in [0.15, 0.2) is 56.7 Å². The van der Waals surface area contributed by atoms with E-state index >= 15 is 0 Å². The standard InChI is InChI=1S/C19H13BrF3N3O5/c1-25-15(19(21,22)23)10-17(28)26(18(25)29)11-2-3-13(20)14(8-11)31-16-9-12(4-5-24-16)30-7-6-27/h2-6,8-10H,7H2,1H3. The molecule has 0 saturated heterocycles. The summed E-state index contributed by atoms with van der Waals surface area (Å²) in [6.07, 6.45) is -2.91. The fourth-order valence-corrected chi connectivity index (χ4v) is 2.95. The minimum atomic E-state index is -4.86. The number of benzene rings is 1. The van der Waals surface area contributed by atoms with Crippen molar-refractivity contribution >= 4 is 22.2 Å². The van der Waals surface area contributed by atoms with Crippen molar-refractivity contribution < 1.29 is 27.4 Å². The first-order chi connectivity index (χ1) is 14.6. The van der Waals surface area contributed by atoms with Crippen molar-refractivity contribution in [3.05, 3.63) is 73.6 Å². The summed E-state index contributed by atoms with van der Waals surface area (Å²) in [5.41, 5.74) is -3.68. The smallest absolute Gasteiger partial charge is 0.431 e. The van der Waals surface area contributed by atoms with Crippen LogP contribution in [0.1, 0.15) is 5.69 Å². The van der Waals surface area contributed by atoms with Gasteiger partial charge in [-0.3, -0.25) is 14.2 Å². The zero-order valence-electron chi connectivity index (χ0n) is 15.7. The van der Waals surface area contributed by atoms with E-state index in [4.69, 9.17) is 9.47 Å². The van der Waals surface area contributed by atoms with E-state index in [1.807, 2.05) is 0 Å². The normalized spacial score (nSPS) is 11.3. The summed E-state index contributed by atoms with van der Waals surface area (Å²) in [7, 11) is 0.923. The van der Waals surface area contributed by atoms with Gasteiger partial charge in [0.2, 0.25) is 5.88 Å². The molecule has 0 aliphatic heterocycles. The van der Waals surface area contributed by atoms with Crippen molar-refractivity contribution in [1.82, 2.24) is 14.1 Å². The van der Waals surface area contributed by atoms with Gasteiger partial charge in [0, 0.05) is 31.4 Å². The summed E-state index contributed by atoms with van der Waals surface area (Å²) in [6.45, 7) is -0.164. The summed E-state index contributed by atoms with van der Waals surface area (Å²) < 4.78 is 51.3. The molecular weight excluding hydrogens is 487 g/mol. The van der Waals surface area contributed by atoms with Crippen LogP contribution in [-0.4, -0.2) is 27.0 Å². The van der Waals surface area contributed by atoms with Crippen LogP contribution in [-0.2, 0) is 18.0 Å². The number of carbonyl (C=O) groups excluding carboxylic acids is 1. The average Bonchev–Trinajstić information content (AvgIpc) is 2.71. The maximum Gasteiger partial charge on any atom is 0.431 e. The van der Waals surface area contributed by atoms with Crippen LogP contribution < -0.4 is 20.7 Å². The van der Waals surface area contributed by atoms with Gasteiger partial charge in [0.05, 0.1) is 10.2 Å². The predicted octanol–water partition coefficient (Wildman–Crippen LogP) is 3.08. The lowest BCUT2D eigenvalue weighted by molar-refractivity contribution is -0.144. The van der Waals surface area contributed by atoms with Crippen LogP contribution >= 0.6 is 15.9 Å². The molecule has 8 nitrogen and oxygen atoms in total. The van der Waals surface area contributed by atoms with E-state index in [2.05, 4.69) is 20.9 Å². The largest absolute Gasteiger partial charge is 0.486 e. The van der Waals surface area contributed by atoms with Crippen molar-refractivity contribution in [3.8, 4) is 23.1 Å². The second-order valence-electron chi connectivity index (χ2n) is 6.07. The molecule has 2 aromatic heterocycles. The average molecular weight is 500 g/mol. The van der Waals surface area contributed by atoms with Crippen molar-refractivity contribution in [2.75, 3.05) is 6.61 Å². The van der Waals surface area contributed by atoms with Crippen LogP contribution in [0.3, 0.4) is 0 Å². The Balaban J connectivity index is 2.03. The van der Waals surface area contributed by atoms with Gasteiger partial charge in [-0.2, -0.15) is 13.2 Å². The molecule has 0 atom stereocenters. The molecule has 1 aromatic carbocycles. The van der Waals surface area contributed by atoms with Gasteiger partial charge >= 0.3 is 11.9 Å². The fraction of sp³-hybridized carbons (Fsp3) is 0.158. The van der Waals surface area contributed by atoms with Crippen molar-refractivity contribution in [2.45, 2.75) is 6.18 Å². The maximum absolute atomic E-state index is 13.0. The SMILES string of the molecule is Cn1c(C(F)(F)F)cc(=O)n(-c2ccc(Br)c(Oc3cc(OCC=O)ccn3)c2)c1=O. The Morgan fingerprint density at radius 1 is 1.16 bits per heavy atom. The van der Waals surface area contributed by atoms with E-state index in [0.29, 0.717) is 31.7 Å². The molecule has 0 saturated carbocycles. The first kappa shape index (κ1) is 22.3. The third kappa shape index (κ3) is 4.85. The number of aromatic nitrogens is 3. The number of nitrogens with zero attached hydrogens (tertiary/aromatic N) is 3. The summed E-state index contributed by atoms with van der Waals surface area (Å²) >= 11 is 3.26. The van der Waals surface area contributed by atoms with Gasteiger partial charge in [0.25, 0.3) is 5.56 Å². The lowest BCUT2D eigenvalue weighted by atomic mass is 10.3. The Labute approximate surface area is 180 Å². The number of hydrogen-bond donors (Lipinski definition) is 0. The lowest BCUT2D eigenvalue weighted by Gasteiger charge is -2.15. The van der Waals surface area contributed by atoms with Crippen LogP contribution in [0, 0.1) is 0 Å². The van der Waals surface area contributed by atoms with E-state index in [1.165, 1.54) is 36.5 Å². The van der Waals surface area contributed by atoms with Crippen molar-refractivity contribution in [1.29, 1.82) is 0 Å². The van der Waals surface area contributed by atoms with E-state index in [9.17, 15) is 27.6 Å². The van der Waals surface area contributed by atoms with Gasteiger partial charge in [-0.25, -0.2) is 14.3 Å². The number of halogens is 4. The predicted molar refractivity (Wildman–Crippen MR) is 106 cm³/mol. The Bertz CT molecular complexity index is 1250. The van der Waals surface area contributed by atoms with Gasteiger partial charge in [-0.15, -0.1) is 0 Å². The quantitative estimate of drug-likeness (QED) is 0.484. The number of ether oxygens (including phenoxy) is 2. The molecule has 3 rings (SSSR count). The highest BCUT2D eigenvalue weighted by Crippen LogP contribution is 2.32. The molecule has 162 valence electrons. The van der Waals surface area contributed by atoms with Crippen molar-refractivity contribution in [2.24, 2.45) is 7.05 Å². The minimum absolute atomic E-state index is 0.00844. The van der Waals surface area contributed by atoms with Gasteiger partial charge < -0.3 is 9.47 Å². The topological polar surface area (TPSA) is 92.4 Å². The number of rotatable bonds is 6. The van der Waals surface area contributed by atoms with Gasteiger partial charge in [-0.05, 0) is 34.1 Å². The number of alkyl halides is 3. The molecule has 0 bridgehead atoms. The monoisotopic (exact) mass is 499 g/mol. The molecular formula is C19H13BrF3N3O5. The van der Waals surface area contributed by atoms with Gasteiger partial charge in [0.1, 0.15) is 23.8 Å². The Morgan fingerprint density at radius 2 is 1.90 bits per heavy atom. The van der Waals surface area contributed by atoms with E-state index < -0.39 is 23.1 Å². The van der Waals surface area contributed by atoms with Crippen molar-refractivity contribution in [3.63, 3.8) is 0 Å². The molecule has 0 radical (unpaired) electrons. The summed E-state index contributed by atoms with van der Waals surface area (Å²) in [4.78, 5) is 39.2. The minimum Gasteiger partial charge on any atom is -0.486 e. The fourth-order valence-electron chi connectivity index (χ4n) is 2.62. The summed E-state index contributed by atoms with van der Waals surface area (Å²) in [6, 6.07) is 7.38. The number of carbonyl (C=O) groups is 1. The highest BCUT2D eigenvalue weighted by atomic mass is 79.9. The molecule has 0 amide bonds.